The van der Waals surface area contributed by atoms with Crippen molar-refractivity contribution in [1.29, 1.82) is 0 Å². The molecule has 1 amide bonds. The summed E-state index contributed by atoms with van der Waals surface area (Å²) in [5.41, 5.74) is 1.17. The summed E-state index contributed by atoms with van der Waals surface area (Å²) >= 11 is 3.32. The summed E-state index contributed by atoms with van der Waals surface area (Å²) in [7, 11) is 4.03. The van der Waals surface area contributed by atoms with Crippen LogP contribution in [-0.2, 0) is 0 Å². The van der Waals surface area contributed by atoms with Gasteiger partial charge in [-0.05, 0) is 69.0 Å². The van der Waals surface area contributed by atoms with Crippen LogP contribution >= 0.6 is 15.9 Å². The summed E-state index contributed by atoms with van der Waals surface area (Å²) in [5.74, 6) is 0.539. The van der Waals surface area contributed by atoms with E-state index in [2.05, 4.69) is 26.1 Å². The molecule has 0 atom stereocenters. The summed E-state index contributed by atoms with van der Waals surface area (Å²) in [6.07, 6.45) is 0.924. The smallest absolute Gasteiger partial charge is 0.251 e. The summed E-state index contributed by atoms with van der Waals surface area (Å²) in [4.78, 5) is 14.4. The fourth-order valence-electron chi connectivity index (χ4n) is 2.26. The molecule has 2 rings (SSSR count). The molecule has 0 bridgehead atoms. The number of carbonyl (C=O) groups is 1. The first-order valence-corrected chi connectivity index (χ1v) is 8.49. The lowest BCUT2D eigenvalue weighted by Crippen LogP contribution is -2.27. The number of carbonyl (C=O) groups excluding carboxylic acids is 1. The van der Waals surface area contributed by atoms with Gasteiger partial charge in [0.05, 0.1) is 11.5 Å². The fraction of sp³-hybridized carbons (Fsp3) is 0.471. The third-order valence-corrected chi connectivity index (χ3v) is 3.65. The van der Waals surface area contributed by atoms with Gasteiger partial charge in [0.25, 0.3) is 5.91 Å². The van der Waals surface area contributed by atoms with Gasteiger partial charge in [-0.25, -0.2) is 0 Å². The van der Waals surface area contributed by atoms with E-state index in [1.54, 1.807) is 12.1 Å². The van der Waals surface area contributed by atoms with Gasteiger partial charge < -0.3 is 19.4 Å². The van der Waals surface area contributed by atoms with Crippen LogP contribution in [0.25, 0.3) is 11.0 Å². The minimum atomic E-state index is -0.119. The Balaban J connectivity index is 2.17. The zero-order chi connectivity index (χ0) is 17.0. The third-order valence-electron chi connectivity index (χ3n) is 3.26. The van der Waals surface area contributed by atoms with Crippen molar-refractivity contribution < 1.29 is 13.9 Å². The molecule has 1 aromatic heterocycles. The number of furan rings is 1. The number of benzene rings is 1. The van der Waals surface area contributed by atoms with Gasteiger partial charge >= 0.3 is 0 Å². The topological polar surface area (TPSA) is 54.7 Å². The molecule has 6 heteroatoms. The van der Waals surface area contributed by atoms with Crippen molar-refractivity contribution in [3.05, 3.63) is 28.4 Å². The Labute approximate surface area is 145 Å². The van der Waals surface area contributed by atoms with E-state index < -0.39 is 0 Å². The first kappa shape index (κ1) is 17.8. The third kappa shape index (κ3) is 4.97. The van der Waals surface area contributed by atoms with Crippen molar-refractivity contribution in [2.45, 2.75) is 26.4 Å². The van der Waals surface area contributed by atoms with E-state index in [1.165, 1.54) is 0 Å². The highest BCUT2D eigenvalue weighted by Gasteiger charge is 2.15. The second kappa shape index (κ2) is 7.84. The zero-order valence-electron chi connectivity index (χ0n) is 14.0. The van der Waals surface area contributed by atoms with E-state index in [4.69, 9.17) is 9.15 Å². The standard InChI is InChI=1S/C17H23BrN2O3/c1-11(2)22-14-8-12(9-15-13(14)10-16(18)23-15)17(21)19-6-5-7-20(3)4/h8-11H,5-7H2,1-4H3,(H,19,21). The summed E-state index contributed by atoms with van der Waals surface area (Å²) in [6, 6.07) is 5.37. The summed E-state index contributed by atoms with van der Waals surface area (Å²) in [5, 5.41) is 3.79. The number of hydrogen-bond acceptors (Lipinski definition) is 4. The van der Waals surface area contributed by atoms with Crippen LogP contribution in [-0.4, -0.2) is 44.1 Å². The molecule has 0 saturated carbocycles. The van der Waals surface area contributed by atoms with Crippen molar-refractivity contribution in [3.8, 4) is 5.75 Å². The van der Waals surface area contributed by atoms with Gasteiger partial charge in [0.1, 0.15) is 11.3 Å². The Morgan fingerprint density at radius 2 is 2.09 bits per heavy atom. The lowest BCUT2D eigenvalue weighted by atomic mass is 10.1. The summed E-state index contributed by atoms with van der Waals surface area (Å²) in [6.45, 7) is 5.48. The molecule has 5 nitrogen and oxygen atoms in total. The maximum Gasteiger partial charge on any atom is 0.251 e. The normalized spacial score (nSPS) is 11.4. The molecule has 0 spiro atoms. The first-order chi connectivity index (χ1) is 10.9. The Morgan fingerprint density at radius 1 is 1.35 bits per heavy atom. The molecule has 0 fully saturated rings. The lowest BCUT2D eigenvalue weighted by molar-refractivity contribution is 0.0951. The van der Waals surface area contributed by atoms with Crippen LogP contribution in [0, 0.1) is 0 Å². The Bertz CT molecular complexity index is 680. The largest absolute Gasteiger partial charge is 0.490 e. The zero-order valence-corrected chi connectivity index (χ0v) is 15.6. The van der Waals surface area contributed by atoms with Crippen molar-refractivity contribution in [2.24, 2.45) is 0 Å². The number of halogens is 1. The number of nitrogens with zero attached hydrogens (tertiary/aromatic N) is 1. The Hall–Kier alpha value is -1.53. The van der Waals surface area contributed by atoms with E-state index in [9.17, 15) is 4.79 Å². The second-order valence-electron chi connectivity index (χ2n) is 6.02. The van der Waals surface area contributed by atoms with E-state index in [-0.39, 0.29) is 12.0 Å². The van der Waals surface area contributed by atoms with Crippen LogP contribution in [0.15, 0.2) is 27.3 Å². The van der Waals surface area contributed by atoms with Crippen molar-refractivity contribution in [2.75, 3.05) is 27.2 Å². The lowest BCUT2D eigenvalue weighted by Gasteiger charge is -2.13. The van der Waals surface area contributed by atoms with Gasteiger partial charge in [-0.1, -0.05) is 0 Å². The summed E-state index contributed by atoms with van der Waals surface area (Å²) < 4.78 is 12.0. The van der Waals surface area contributed by atoms with Gasteiger partial charge in [0.2, 0.25) is 0 Å². The molecule has 1 heterocycles. The predicted molar refractivity (Wildman–Crippen MR) is 95.2 cm³/mol. The van der Waals surface area contributed by atoms with E-state index in [0.717, 1.165) is 18.4 Å². The molecule has 0 radical (unpaired) electrons. The molecule has 2 aromatic rings. The maximum absolute atomic E-state index is 12.3. The molecule has 0 saturated heterocycles. The van der Waals surface area contributed by atoms with E-state index in [0.29, 0.717) is 28.1 Å². The highest BCUT2D eigenvalue weighted by atomic mass is 79.9. The molecular weight excluding hydrogens is 360 g/mol. The highest BCUT2D eigenvalue weighted by molar-refractivity contribution is 9.10. The molecule has 0 aliphatic carbocycles. The molecule has 0 aliphatic heterocycles. The van der Waals surface area contributed by atoms with Crippen molar-refractivity contribution >= 4 is 32.8 Å². The molecule has 23 heavy (non-hydrogen) atoms. The number of rotatable bonds is 7. The monoisotopic (exact) mass is 382 g/mol. The van der Waals surface area contributed by atoms with Gasteiger partial charge in [-0.2, -0.15) is 0 Å². The van der Waals surface area contributed by atoms with Crippen LogP contribution in [0.4, 0.5) is 0 Å². The second-order valence-corrected chi connectivity index (χ2v) is 6.80. The van der Waals surface area contributed by atoms with Crippen LogP contribution in [0.2, 0.25) is 0 Å². The SMILES string of the molecule is CC(C)Oc1cc(C(=O)NCCCN(C)C)cc2oc(Br)cc12. The molecule has 0 unspecified atom stereocenters. The quantitative estimate of drug-likeness (QED) is 0.742. The maximum atomic E-state index is 12.3. The Kier molecular flexibility index (Phi) is 6.07. The van der Waals surface area contributed by atoms with Gasteiger partial charge in [0, 0.05) is 18.2 Å². The highest BCUT2D eigenvalue weighted by Crippen LogP contribution is 2.33. The number of hydrogen-bond donors (Lipinski definition) is 1. The van der Waals surface area contributed by atoms with Crippen molar-refractivity contribution in [1.82, 2.24) is 10.2 Å². The van der Waals surface area contributed by atoms with Crippen LogP contribution < -0.4 is 10.1 Å². The van der Waals surface area contributed by atoms with Gasteiger partial charge in [0.15, 0.2) is 4.67 Å². The predicted octanol–water partition coefficient (Wildman–Crippen LogP) is 3.66. The molecule has 1 aromatic carbocycles. The number of amides is 1. The van der Waals surface area contributed by atoms with Crippen molar-refractivity contribution in [3.63, 3.8) is 0 Å². The number of fused-ring (bicyclic) bond motifs is 1. The van der Waals surface area contributed by atoms with E-state index in [1.807, 2.05) is 34.0 Å². The molecule has 126 valence electrons. The average molecular weight is 383 g/mol. The number of ether oxygens (including phenoxy) is 1. The molecule has 1 N–H and O–H groups in total. The minimum Gasteiger partial charge on any atom is -0.490 e. The van der Waals surface area contributed by atoms with Crippen LogP contribution in [0.5, 0.6) is 5.75 Å². The van der Waals surface area contributed by atoms with Gasteiger partial charge in [-0.15, -0.1) is 0 Å². The molecule has 0 aliphatic rings. The van der Waals surface area contributed by atoms with Gasteiger partial charge in [-0.3, -0.25) is 4.79 Å². The molecular formula is C17H23BrN2O3. The first-order valence-electron chi connectivity index (χ1n) is 7.69. The number of nitrogens with one attached hydrogen (secondary N) is 1. The Morgan fingerprint density at radius 3 is 2.74 bits per heavy atom. The van der Waals surface area contributed by atoms with Crippen LogP contribution in [0.3, 0.4) is 0 Å². The average Bonchev–Trinajstić information content (AvgIpc) is 2.83. The minimum absolute atomic E-state index is 0.0188. The fourth-order valence-corrected chi connectivity index (χ4v) is 2.66. The van der Waals surface area contributed by atoms with Crippen LogP contribution in [0.1, 0.15) is 30.6 Å². The van der Waals surface area contributed by atoms with E-state index >= 15 is 0 Å².